The fourth-order valence-corrected chi connectivity index (χ4v) is 11.8. The predicted molar refractivity (Wildman–Crippen MR) is 217 cm³/mol. The van der Waals surface area contributed by atoms with Gasteiger partial charge in [-0.25, -0.2) is 31.6 Å². The van der Waals surface area contributed by atoms with Crippen molar-refractivity contribution in [3.05, 3.63) is 131 Å². The third kappa shape index (κ3) is 10.2. The Kier molecular flexibility index (Phi) is 14.6. The number of aromatic nitrogens is 2. The van der Waals surface area contributed by atoms with E-state index >= 15 is 0 Å². The Labute approximate surface area is 339 Å². The van der Waals surface area contributed by atoms with Crippen LogP contribution in [0, 0.1) is 17.3 Å². The van der Waals surface area contributed by atoms with Crippen LogP contribution >= 0.6 is 35.1 Å². The highest BCUT2D eigenvalue weighted by Crippen LogP contribution is 2.41. The number of rotatable bonds is 11. The Balaban J connectivity index is 0.000000252. The molecule has 0 fully saturated rings. The second kappa shape index (κ2) is 18.6. The van der Waals surface area contributed by atoms with Gasteiger partial charge in [0.05, 0.1) is 9.79 Å². The van der Waals surface area contributed by atoms with E-state index in [1.54, 1.807) is 67.7 Å². The largest absolute Gasteiger partial charge is 0.465 e. The molecule has 1 unspecified atom stereocenters. The van der Waals surface area contributed by atoms with Gasteiger partial charge in [-0.1, -0.05) is 57.2 Å². The number of carbonyl (C=O) groups is 1. The lowest BCUT2D eigenvalue weighted by molar-refractivity contribution is 0.174. The number of pyridine rings is 2. The van der Waals surface area contributed by atoms with Gasteiger partial charge >= 0.3 is 6.09 Å². The van der Waals surface area contributed by atoms with E-state index in [1.807, 2.05) is 20.8 Å². The molecule has 17 heteroatoms. The first-order chi connectivity index (χ1) is 26.0. The maximum Gasteiger partial charge on any atom is 0.404 e. The van der Waals surface area contributed by atoms with Crippen LogP contribution in [0.15, 0.2) is 128 Å². The van der Waals surface area contributed by atoms with Gasteiger partial charge in [0.2, 0.25) is 31.6 Å². The molecule has 2 aromatic carbocycles. The molecule has 0 bridgehead atoms. The maximum absolute atomic E-state index is 14.5. The lowest BCUT2D eigenvalue weighted by Gasteiger charge is -2.30. The summed E-state index contributed by atoms with van der Waals surface area (Å²) in [6.45, 7) is 6.18. The van der Waals surface area contributed by atoms with Gasteiger partial charge in [0.15, 0.2) is 0 Å². The minimum absolute atomic E-state index is 0. The third-order valence-corrected chi connectivity index (χ3v) is 15.2. The van der Waals surface area contributed by atoms with Crippen molar-refractivity contribution in [1.29, 1.82) is 0 Å². The monoisotopic (exact) mass is 860 g/mol. The molecule has 1 amide bonds. The second-order valence-electron chi connectivity index (χ2n) is 13.2. The zero-order valence-corrected chi connectivity index (χ0v) is 34.6. The van der Waals surface area contributed by atoms with Crippen molar-refractivity contribution >= 4 is 60.8 Å². The fraction of sp³-hybridized carbons (Fsp3) is 0.205. The summed E-state index contributed by atoms with van der Waals surface area (Å²) in [6, 6.07) is 25.1. The number of hydrogen-bond donors (Lipinski definition) is 3. The zero-order chi connectivity index (χ0) is 40.0. The Bertz CT molecular complexity index is 2490. The Morgan fingerprint density at radius 2 is 1.14 bits per heavy atom. The highest BCUT2D eigenvalue weighted by Gasteiger charge is 2.31. The van der Waals surface area contributed by atoms with E-state index < -0.39 is 49.1 Å². The molecule has 6 rings (SSSR count). The molecule has 0 aliphatic heterocycles. The van der Waals surface area contributed by atoms with Crippen molar-refractivity contribution in [1.82, 2.24) is 20.6 Å². The van der Waals surface area contributed by atoms with Gasteiger partial charge in [-0.15, -0.1) is 35.1 Å². The fourth-order valence-electron chi connectivity index (χ4n) is 5.49. The molecule has 0 aliphatic carbocycles. The number of nitrogens with zero attached hydrogens (tertiary/aromatic N) is 2. The minimum Gasteiger partial charge on any atom is -0.465 e. The molecule has 1 atom stereocenters. The van der Waals surface area contributed by atoms with Gasteiger partial charge in [0.1, 0.15) is 8.42 Å². The van der Waals surface area contributed by atoms with Crippen LogP contribution in [0.4, 0.5) is 13.6 Å². The van der Waals surface area contributed by atoms with Crippen LogP contribution in [0.5, 0.6) is 0 Å². The lowest BCUT2D eigenvalue weighted by atomic mass is 9.84. The number of sulfone groups is 2. The summed E-state index contributed by atoms with van der Waals surface area (Å²) in [4.78, 5) is 20.3. The summed E-state index contributed by atoms with van der Waals surface area (Å²) in [6.07, 6.45) is 1.74. The molecular formula is C39H39ClF2N4O6S4. The van der Waals surface area contributed by atoms with Crippen molar-refractivity contribution in [2.45, 2.75) is 58.0 Å². The van der Waals surface area contributed by atoms with E-state index in [0.717, 1.165) is 27.6 Å². The van der Waals surface area contributed by atoms with Crippen molar-refractivity contribution in [2.75, 3.05) is 7.05 Å². The number of halogens is 3. The van der Waals surface area contributed by atoms with E-state index in [2.05, 4.69) is 20.6 Å². The number of amides is 1. The van der Waals surface area contributed by atoms with Gasteiger partial charge in [-0.2, -0.15) is 8.78 Å². The van der Waals surface area contributed by atoms with E-state index in [1.165, 1.54) is 48.8 Å². The van der Waals surface area contributed by atoms with Gasteiger partial charge < -0.3 is 15.7 Å². The van der Waals surface area contributed by atoms with Gasteiger partial charge in [0, 0.05) is 63.4 Å². The topological polar surface area (TPSA) is 155 Å². The van der Waals surface area contributed by atoms with E-state index in [4.69, 9.17) is 0 Å². The molecule has 296 valence electrons. The standard InChI is InChI=1S/C22H23FN2O4S2.C17H15FN2O2S2.ClH/c1-22(2,3)18(25-21(26)27)13-14-12-17(16-10-7-11-24-19(16)23)20(30-14)31(28,29)15-8-5-4-6-9-15;1-19-11-12-10-15(14-8-5-9-20-16(14)18)17(23-12)24(21,22)13-6-3-2-4-7-13;/h4-12,18,25H,13H2,1-3H3,(H,26,27);2-10,19H,11H2,1H3;1H. The molecule has 0 saturated carbocycles. The Hall–Kier alpha value is -4.58. The van der Waals surface area contributed by atoms with Crippen LogP contribution in [0.25, 0.3) is 22.3 Å². The normalized spacial score (nSPS) is 12.2. The smallest absolute Gasteiger partial charge is 0.404 e. The molecule has 6 aromatic rings. The summed E-state index contributed by atoms with van der Waals surface area (Å²) in [7, 11) is -5.88. The molecule has 10 nitrogen and oxygen atoms in total. The maximum atomic E-state index is 14.5. The summed E-state index contributed by atoms with van der Waals surface area (Å²) < 4.78 is 81.5. The van der Waals surface area contributed by atoms with Crippen LogP contribution < -0.4 is 10.6 Å². The molecule has 0 saturated heterocycles. The predicted octanol–water partition coefficient (Wildman–Crippen LogP) is 8.93. The number of nitrogens with one attached hydrogen (secondary N) is 2. The van der Waals surface area contributed by atoms with E-state index in [-0.39, 0.29) is 53.7 Å². The quantitative estimate of drug-likeness (QED) is 0.108. The average molecular weight is 861 g/mol. The molecule has 4 heterocycles. The molecule has 0 radical (unpaired) electrons. The van der Waals surface area contributed by atoms with Crippen LogP contribution in [0.3, 0.4) is 0 Å². The second-order valence-corrected chi connectivity index (χ2v) is 19.8. The van der Waals surface area contributed by atoms with Crippen molar-refractivity contribution in [3.8, 4) is 22.3 Å². The van der Waals surface area contributed by atoms with Crippen LogP contribution in [0.2, 0.25) is 0 Å². The van der Waals surface area contributed by atoms with Crippen LogP contribution in [-0.4, -0.2) is 51.1 Å². The lowest BCUT2D eigenvalue weighted by Crippen LogP contribution is -2.44. The number of benzene rings is 2. The van der Waals surface area contributed by atoms with Crippen LogP contribution in [0.1, 0.15) is 30.5 Å². The van der Waals surface area contributed by atoms with Crippen molar-refractivity contribution < 1.29 is 35.5 Å². The molecule has 56 heavy (non-hydrogen) atoms. The van der Waals surface area contributed by atoms with Crippen molar-refractivity contribution in [3.63, 3.8) is 0 Å². The summed E-state index contributed by atoms with van der Waals surface area (Å²) in [5.74, 6) is -1.46. The number of carboxylic acid groups (broad SMARTS) is 1. The molecule has 0 spiro atoms. The third-order valence-electron chi connectivity index (χ3n) is 8.29. The average Bonchev–Trinajstić information content (AvgIpc) is 3.78. The minimum atomic E-state index is -3.92. The van der Waals surface area contributed by atoms with E-state index in [9.17, 15) is 35.5 Å². The zero-order valence-electron chi connectivity index (χ0n) is 30.6. The summed E-state index contributed by atoms with van der Waals surface area (Å²) >= 11 is 2.17. The first-order valence-electron chi connectivity index (χ1n) is 16.8. The Morgan fingerprint density at radius 3 is 1.54 bits per heavy atom. The van der Waals surface area contributed by atoms with E-state index in [0.29, 0.717) is 17.0 Å². The summed E-state index contributed by atoms with van der Waals surface area (Å²) in [5, 5.41) is 14.7. The first kappa shape index (κ1) is 44.1. The molecule has 3 N–H and O–H groups in total. The number of thiophene rings is 2. The highest BCUT2D eigenvalue weighted by molar-refractivity contribution is 7.94. The van der Waals surface area contributed by atoms with Gasteiger partial charge in [-0.05, 0) is 73.1 Å². The molecule has 0 aliphatic rings. The summed E-state index contributed by atoms with van der Waals surface area (Å²) in [5.41, 5.74) is 0.418. The first-order valence-corrected chi connectivity index (χ1v) is 21.4. The van der Waals surface area contributed by atoms with Gasteiger partial charge in [0.25, 0.3) is 0 Å². The van der Waals surface area contributed by atoms with Crippen molar-refractivity contribution in [2.24, 2.45) is 5.41 Å². The Morgan fingerprint density at radius 1 is 0.714 bits per heavy atom. The van der Waals surface area contributed by atoms with Gasteiger partial charge in [-0.3, -0.25) is 0 Å². The number of hydrogen-bond acceptors (Lipinski definition) is 10. The molecule has 4 aromatic heterocycles. The highest BCUT2D eigenvalue weighted by atomic mass is 35.5. The van der Waals surface area contributed by atoms with Crippen LogP contribution in [-0.2, 0) is 32.6 Å². The SMILES string of the molecule is CC(C)(C)C(Cc1cc(-c2cccnc2F)c(S(=O)(=O)c2ccccc2)s1)NC(=O)O.CNCc1cc(-c2cccnc2F)c(S(=O)(=O)c2ccccc2)s1.Cl. The molecular weight excluding hydrogens is 822 g/mol.